The maximum absolute atomic E-state index is 12.5. The number of nitrogens with one attached hydrogen (secondary N) is 1. The summed E-state index contributed by atoms with van der Waals surface area (Å²) in [5.74, 6) is 0.943. The van der Waals surface area contributed by atoms with Gasteiger partial charge in [0.15, 0.2) is 0 Å². The summed E-state index contributed by atoms with van der Waals surface area (Å²) in [4.78, 5) is 23.1. The number of anilines is 1. The predicted octanol–water partition coefficient (Wildman–Crippen LogP) is 1.09. The quantitative estimate of drug-likeness (QED) is 0.894. The van der Waals surface area contributed by atoms with Crippen molar-refractivity contribution in [2.45, 2.75) is 32.4 Å². The van der Waals surface area contributed by atoms with Crippen LogP contribution in [0.3, 0.4) is 0 Å². The van der Waals surface area contributed by atoms with Gasteiger partial charge in [0.05, 0.1) is 18.7 Å². The lowest BCUT2D eigenvalue weighted by Gasteiger charge is -2.33. The van der Waals surface area contributed by atoms with Gasteiger partial charge < -0.3 is 10.2 Å². The Balaban J connectivity index is 1.54. The smallest absolute Gasteiger partial charge is 0.225 e. The second-order valence-electron chi connectivity index (χ2n) is 5.99. The van der Waals surface area contributed by atoms with Crippen LogP contribution in [0.1, 0.15) is 19.8 Å². The number of aromatic nitrogens is 4. The van der Waals surface area contributed by atoms with Gasteiger partial charge in [0, 0.05) is 43.9 Å². The highest BCUT2D eigenvalue weighted by atomic mass is 16.2. The minimum Gasteiger partial charge on any atom is -0.355 e. The monoisotopic (exact) mass is 314 g/mol. The van der Waals surface area contributed by atoms with Crippen LogP contribution >= 0.6 is 0 Å². The van der Waals surface area contributed by atoms with E-state index in [0.717, 1.165) is 25.2 Å². The van der Waals surface area contributed by atoms with Gasteiger partial charge in [0.1, 0.15) is 5.82 Å². The van der Waals surface area contributed by atoms with Crippen LogP contribution in [0, 0.1) is 5.92 Å². The van der Waals surface area contributed by atoms with Crippen molar-refractivity contribution >= 4 is 11.7 Å². The molecular formula is C16H22N6O. The number of hydrogen-bond donors (Lipinski definition) is 1. The Kier molecular flexibility index (Phi) is 4.85. The minimum atomic E-state index is -0.00849. The average molecular weight is 314 g/mol. The van der Waals surface area contributed by atoms with Crippen molar-refractivity contribution < 1.29 is 4.79 Å². The summed E-state index contributed by atoms with van der Waals surface area (Å²) in [6, 6.07) is 1.93. The van der Waals surface area contributed by atoms with E-state index in [-0.39, 0.29) is 17.9 Å². The zero-order chi connectivity index (χ0) is 16.1. The van der Waals surface area contributed by atoms with E-state index in [4.69, 9.17) is 0 Å². The molecule has 2 unspecified atom stereocenters. The Labute approximate surface area is 135 Å². The first kappa shape index (κ1) is 15.5. The van der Waals surface area contributed by atoms with E-state index in [9.17, 15) is 4.79 Å². The number of piperidine rings is 1. The molecule has 7 heteroatoms. The van der Waals surface area contributed by atoms with Gasteiger partial charge in [-0.15, -0.1) is 0 Å². The molecule has 7 nitrogen and oxygen atoms in total. The largest absolute Gasteiger partial charge is 0.355 e. The van der Waals surface area contributed by atoms with Gasteiger partial charge in [-0.3, -0.25) is 14.5 Å². The van der Waals surface area contributed by atoms with Gasteiger partial charge in [-0.05, 0) is 25.8 Å². The van der Waals surface area contributed by atoms with Gasteiger partial charge in [-0.1, -0.05) is 0 Å². The fraction of sp³-hybridized carbons (Fsp3) is 0.500. The van der Waals surface area contributed by atoms with Crippen LogP contribution in [-0.2, 0) is 11.3 Å². The number of carbonyl (C=O) groups is 1. The molecule has 122 valence electrons. The topological polar surface area (TPSA) is 75.9 Å². The Morgan fingerprint density at radius 2 is 2.35 bits per heavy atom. The molecule has 2 aromatic rings. The summed E-state index contributed by atoms with van der Waals surface area (Å²) in [5, 5.41) is 7.27. The van der Waals surface area contributed by atoms with Crippen molar-refractivity contribution in [2.75, 3.05) is 18.0 Å². The molecule has 23 heavy (non-hydrogen) atoms. The highest BCUT2D eigenvalue weighted by Gasteiger charge is 2.27. The standard InChI is InChI=1S/C16H22N6O/c1-13(11-22-9-3-5-19-22)20-16(23)14-4-2-8-21(12-14)15-10-17-6-7-18-15/h3,5-7,9-10,13-14H,2,4,8,11-12H2,1H3,(H,20,23). The summed E-state index contributed by atoms with van der Waals surface area (Å²) in [6.07, 6.45) is 10.6. The molecule has 2 aromatic heterocycles. The third-order valence-electron chi connectivity index (χ3n) is 4.07. The maximum Gasteiger partial charge on any atom is 0.225 e. The lowest BCUT2D eigenvalue weighted by Crippen LogP contribution is -2.46. The van der Waals surface area contributed by atoms with E-state index in [2.05, 4.69) is 25.3 Å². The number of rotatable bonds is 5. The van der Waals surface area contributed by atoms with Crippen molar-refractivity contribution in [3.63, 3.8) is 0 Å². The molecule has 0 spiro atoms. The van der Waals surface area contributed by atoms with Gasteiger partial charge in [0.25, 0.3) is 0 Å². The van der Waals surface area contributed by atoms with E-state index in [1.54, 1.807) is 24.8 Å². The Morgan fingerprint density at radius 3 is 3.09 bits per heavy atom. The molecule has 0 saturated carbocycles. The van der Waals surface area contributed by atoms with Gasteiger partial charge in [-0.2, -0.15) is 5.10 Å². The average Bonchev–Trinajstić information content (AvgIpc) is 3.08. The molecule has 1 N–H and O–H groups in total. The van der Waals surface area contributed by atoms with Crippen molar-refractivity contribution in [3.05, 3.63) is 37.1 Å². The molecular weight excluding hydrogens is 292 g/mol. The first-order valence-corrected chi connectivity index (χ1v) is 8.01. The number of nitrogens with zero attached hydrogens (tertiary/aromatic N) is 5. The summed E-state index contributed by atoms with van der Waals surface area (Å²) >= 11 is 0. The van der Waals surface area contributed by atoms with Gasteiger partial charge >= 0.3 is 0 Å². The highest BCUT2D eigenvalue weighted by molar-refractivity contribution is 5.79. The van der Waals surface area contributed by atoms with E-state index < -0.39 is 0 Å². The third kappa shape index (κ3) is 4.06. The van der Waals surface area contributed by atoms with Crippen LogP contribution in [0.15, 0.2) is 37.1 Å². The molecule has 1 saturated heterocycles. The fourth-order valence-electron chi connectivity index (χ4n) is 2.95. The van der Waals surface area contributed by atoms with E-state index in [0.29, 0.717) is 13.1 Å². The molecule has 1 fully saturated rings. The molecule has 0 aliphatic carbocycles. The second kappa shape index (κ2) is 7.21. The first-order valence-electron chi connectivity index (χ1n) is 8.01. The van der Waals surface area contributed by atoms with Crippen LogP contribution in [0.25, 0.3) is 0 Å². The zero-order valence-electron chi connectivity index (χ0n) is 13.3. The summed E-state index contributed by atoms with van der Waals surface area (Å²) < 4.78 is 1.83. The van der Waals surface area contributed by atoms with E-state index in [1.165, 1.54) is 0 Å². The number of hydrogen-bond acceptors (Lipinski definition) is 5. The fourth-order valence-corrected chi connectivity index (χ4v) is 2.95. The third-order valence-corrected chi connectivity index (χ3v) is 4.07. The van der Waals surface area contributed by atoms with Crippen LogP contribution in [0.5, 0.6) is 0 Å². The molecule has 3 rings (SSSR count). The van der Waals surface area contributed by atoms with Gasteiger partial charge in [0.2, 0.25) is 5.91 Å². The van der Waals surface area contributed by atoms with Gasteiger partial charge in [-0.25, -0.2) is 4.98 Å². The van der Waals surface area contributed by atoms with Crippen LogP contribution in [-0.4, -0.2) is 44.8 Å². The maximum atomic E-state index is 12.5. The minimum absolute atomic E-state index is 0.00849. The SMILES string of the molecule is CC(Cn1cccn1)NC(=O)C1CCCN(c2cnccn2)C1. The molecule has 0 aromatic carbocycles. The molecule has 1 amide bonds. The summed E-state index contributed by atoms with van der Waals surface area (Å²) in [5.41, 5.74) is 0. The van der Waals surface area contributed by atoms with Crippen molar-refractivity contribution in [3.8, 4) is 0 Å². The van der Waals surface area contributed by atoms with Crippen molar-refractivity contribution in [1.29, 1.82) is 0 Å². The Hall–Kier alpha value is -2.44. The predicted molar refractivity (Wildman–Crippen MR) is 86.8 cm³/mol. The summed E-state index contributed by atoms with van der Waals surface area (Å²) in [7, 11) is 0. The zero-order valence-corrected chi connectivity index (χ0v) is 13.3. The lowest BCUT2D eigenvalue weighted by molar-refractivity contribution is -0.125. The first-order chi connectivity index (χ1) is 11.2. The van der Waals surface area contributed by atoms with Crippen molar-refractivity contribution in [2.24, 2.45) is 5.92 Å². The summed E-state index contributed by atoms with van der Waals surface area (Å²) in [6.45, 7) is 4.30. The molecule has 2 atom stereocenters. The number of amides is 1. The van der Waals surface area contributed by atoms with Crippen LogP contribution in [0.4, 0.5) is 5.82 Å². The molecule has 0 radical (unpaired) electrons. The van der Waals surface area contributed by atoms with Crippen LogP contribution < -0.4 is 10.2 Å². The lowest BCUT2D eigenvalue weighted by atomic mass is 9.97. The molecule has 1 aliphatic rings. The number of carbonyl (C=O) groups excluding carboxylic acids is 1. The van der Waals surface area contributed by atoms with Crippen LogP contribution in [0.2, 0.25) is 0 Å². The van der Waals surface area contributed by atoms with Crippen molar-refractivity contribution in [1.82, 2.24) is 25.1 Å². The molecule has 3 heterocycles. The highest BCUT2D eigenvalue weighted by Crippen LogP contribution is 2.21. The van der Waals surface area contributed by atoms with E-state index in [1.807, 2.05) is 23.9 Å². The van der Waals surface area contributed by atoms with E-state index >= 15 is 0 Å². The molecule has 1 aliphatic heterocycles. The second-order valence-corrected chi connectivity index (χ2v) is 5.99. The molecule has 0 bridgehead atoms. The normalized spacial score (nSPS) is 19.3. The Morgan fingerprint density at radius 1 is 1.43 bits per heavy atom. The Bertz CT molecular complexity index is 615.